The Hall–Kier alpha value is -5.13. The number of ether oxygens (including phenoxy) is 2. The first-order valence-corrected chi connectivity index (χ1v) is 12.9. The van der Waals surface area contributed by atoms with Gasteiger partial charge in [0.25, 0.3) is 5.91 Å². The van der Waals surface area contributed by atoms with Gasteiger partial charge in [-0.25, -0.2) is 9.50 Å². The van der Waals surface area contributed by atoms with E-state index in [9.17, 15) is 22.4 Å². The van der Waals surface area contributed by atoms with Crippen molar-refractivity contribution in [2.75, 3.05) is 25.5 Å². The van der Waals surface area contributed by atoms with Gasteiger partial charge < -0.3 is 19.7 Å². The Morgan fingerprint density at radius 1 is 1.14 bits per heavy atom. The van der Waals surface area contributed by atoms with Crippen LogP contribution in [-0.2, 0) is 13.1 Å². The summed E-state index contributed by atoms with van der Waals surface area (Å²) in [5.74, 6) is -0.665. The largest absolute Gasteiger partial charge is 0.435 e. The van der Waals surface area contributed by atoms with Crippen LogP contribution in [0.5, 0.6) is 11.5 Å². The maximum Gasteiger partial charge on any atom is 0.387 e. The Morgan fingerprint density at radius 3 is 2.72 bits per heavy atom. The predicted octanol–water partition coefficient (Wildman–Crippen LogP) is 2.64. The average Bonchev–Trinajstić information content (AvgIpc) is 3.67. The molecule has 0 bridgehead atoms. The summed E-state index contributed by atoms with van der Waals surface area (Å²) in [7, 11) is 2.02. The maximum atomic E-state index is 13.3. The summed E-state index contributed by atoms with van der Waals surface area (Å²) < 4.78 is 64.4. The van der Waals surface area contributed by atoms with Gasteiger partial charge in [-0.1, -0.05) is 0 Å². The van der Waals surface area contributed by atoms with E-state index in [2.05, 4.69) is 50.3 Å². The lowest BCUT2D eigenvalue weighted by molar-refractivity contribution is -0.0526. The number of benzene rings is 1. The van der Waals surface area contributed by atoms with Gasteiger partial charge in [0, 0.05) is 37.6 Å². The molecule has 14 nitrogen and oxygen atoms in total. The van der Waals surface area contributed by atoms with Crippen molar-refractivity contribution in [2.24, 2.45) is 5.92 Å². The molecule has 6 rings (SSSR count). The molecule has 1 aromatic carbocycles. The highest BCUT2D eigenvalue weighted by atomic mass is 19.3. The molecule has 1 N–H and O–H groups in total. The number of tetrazole rings is 1. The third-order valence-corrected chi connectivity index (χ3v) is 6.54. The number of aromatic nitrogens is 9. The van der Waals surface area contributed by atoms with Gasteiger partial charge in [-0.15, -0.1) is 10.2 Å². The zero-order valence-corrected chi connectivity index (χ0v) is 22.4. The second-order valence-electron chi connectivity index (χ2n) is 9.75. The average molecular weight is 602 g/mol. The fourth-order valence-electron chi connectivity index (χ4n) is 4.78. The van der Waals surface area contributed by atoms with E-state index >= 15 is 0 Å². The molecule has 1 saturated heterocycles. The van der Waals surface area contributed by atoms with Crippen molar-refractivity contribution in [3.8, 4) is 22.8 Å². The van der Waals surface area contributed by atoms with E-state index in [1.807, 2.05) is 7.05 Å². The molecule has 1 amide bonds. The van der Waals surface area contributed by atoms with E-state index in [4.69, 9.17) is 0 Å². The minimum Gasteiger partial charge on any atom is -0.435 e. The molecular formula is C25H23F4N11O3. The van der Waals surface area contributed by atoms with Gasteiger partial charge in [0.15, 0.2) is 11.5 Å². The number of amides is 1. The van der Waals surface area contributed by atoms with Gasteiger partial charge in [0.1, 0.15) is 29.3 Å². The van der Waals surface area contributed by atoms with Crippen LogP contribution in [0.4, 0.5) is 23.2 Å². The Labute approximate surface area is 239 Å². The van der Waals surface area contributed by atoms with Crippen LogP contribution >= 0.6 is 0 Å². The molecule has 5 aromatic rings. The van der Waals surface area contributed by atoms with Crippen LogP contribution in [0.2, 0.25) is 0 Å². The number of halogens is 4. The number of hydrogen-bond acceptors (Lipinski definition) is 10. The first-order chi connectivity index (χ1) is 20.7. The third-order valence-electron chi connectivity index (χ3n) is 6.54. The summed E-state index contributed by atoms with van der Waals surface area (Å²) in [5, 5.41) is 23.8. The molecule has 0 atom stereocenters. The van der Waals surface area contributed by atoms with Crippen molar-refractivity contribution in [1.29, 1.82) is 0 Å². The number of fused-ring (bicyclic) bond motifs is 1. The molecule has 0 saturated carbocycles. The Bertz CT molecular complexity index is 1750. The zero-order valence-electron chi connectivity index (χ0n) is 22.4. The summed E-state index contributed by atoms with van der Waals surface area (Å²) in [6.45, 7) is -4.00. The van der Waals surface area contributed by atoms with E-state index in [0.717, 1.165) is 31.3 Å². The summed E-state index contributed by atoms with van der Waals surface area (Å²) in [5.41, 5.74) is 0.207. The summed E-state index contributed by atoms with van der Waals surface area (Å²) >= 11 is 0. The minimum absolute atomic E-state index is 0.00995. The summed E-state index contributed by atoms with van der Waals surface area (Å²) in [6.07, 6.45) is 5.82. The fourth-order valence-corrected chi connectivity index (χ4v) is 4.78. The Kier molecular flexibility index (Phi) is 7.58. The first-order valence-electron chi connectivity index (χ1n) is 12.9. The van der Waals surface area contributed by atoms with Crippen LogP contribution in [0.1, 0.15) is 16.2 Å². The smallest absolute Gasteiger partial charge is 0.387 e. The van der Waals surface area contributed by atoms with E-state index in [-0.39, 0.29) is 46.2 Å². The first kappa shape index (κ1) is 28.0. The number of nitrogens with one attached hydrogen (secondary N) is 1. The molecule has 18 heteroatoms. The highest BCUT2D eigenvalue weighted by Crippen LogP contribution is 2.38. The molecule has 0 unspecified atom stereocenters. The Morgan fingerprint density at radius 2 is 1.95 bits per heavy atom. The monoisotopic (exact) mass is 601 g/mol. The molecule has 224 valence electrons. The van der Waals surface area contributed by atoms with Crippen LogP contribution in [0.3, 0.4) is 0 Å². The van der Waals surface area contributed by atoms with E-state index in [1.54, 1.807) is 12.3 Å². The number of hydrogen-bond donors (Lipinski definition) is 1. The normalized spacial score (nSPS) is 14.0. The number of rotatable bonds is 11. The standard InChI is InChI=1S/C25H23F4N11O3/c1-37-9-14(10-37)11-40-34-20(33-36-40)13-38-12-18(32-23(41)17-8-31-39-6-2-5-30-22(17)39)21(35-38)16-7-15(42-24(26)27)3-4-19(16)43-25(28)29/h2-8,12,14,24-25H,9-11,13H2,1H3,(H,32,41). The number of anilines is 1. The number of carbonyl (C=O) groups is 1. The molecular weight excluding hydrogens is 578 g/mol. The van der Waals surface area contributed by atoms with Crippen molar-refractivity contribution >= 4 is 17.2 Å². The molecule has 0 aliphatic carbocycles. The van der Waals surface area contributed by atoms with Gasteiger partial charge in [-0.05, 0) is 36.5 Å². The molecule has 43 heavy (non-hydrogen) atoms. The zero-order chi connectivity index (χ0) is 30.1. The number of nitrogens with zero attached hydrogens (tertiary/aromatic N) is 10. The van der Waals surface area contributed by atoms with Crippen LogP contribution in [-0.4, -0.2) is 88.8 Å². The van der Waals surface area contributed by atoms with Crippen molar-refractivity contribution in [3.63, 3.8) is 0 Å². The fraction of sp³-hybridized carbons (Fsp3) is 0.320. The molecule has 4 aromatic heterocycles. The highest BCUT2D eigenvalue weighted by Gasteiger charge is 2.25. The van der Waals surface area contributed by atoms with Crippen LogP contribution in [0.15, 0.2) is 49.1 Å². The summed E-state index contributed by atoms with van der Waals surface area (Å²) in [6, 6.07) is 4.80. The quantitative estimate of drug-likeness (QED) is 0.225. The SMILES string of the molecule is CN1CC(Cn2nnc(Cn3cc(NC(=O)c4cnn5cccnc45)c(-c4cc(OC(F)F)ccc4OC(F)F)n3)n2)C1. The molecule has 0 radical (unpaired) electrons. The molecule has 5 heterocycles. The second-order valence-corrected chi connectivity index (χ2v) is 9.75. The van der Waals surface area contributed by atoms with Gasteiger partial charge in [0.2, 0.25) is 0 Å². The van der Waals surface area contributed by atoms with Gasteiger partial charge in [0.05, 0.1) is 24.0 Å². The van der Waals surface area contributed by atoms with E-state index < -0.39 is 19.1 Å². The summed E-state index contributed by atoms with van der Waals surface area (Å²) in [4.78, 5) is 21.1. The van der Waals surface area contributed by atoms with Crippen LogP contribution in [0.25, 0.3) is 16.9 Å². The minimum atomic E-state index is -3.24. The van der Waals surface area contributed by atoms with Crippen molar-refractivity contribution in [1.82, 2.24) is 49.5 Å². The third kappa shape index (κ3) is 6.22. The lowest BCUT2D eigenvalue weighted by Crippen LogP contribution is -2.45. The Balaban J connectivity index is 1.35. The second kappa shape index (κ2) is 11.6. The predicted molar refractivity (Wildman–Crippen MR) is 140 cm³/mol. The maximum absolute atomic E-state index is 13.3. The van der Waals surface area contributed by atoms with E-state index in [1.165, 1.54) is 32.6 Å². The number of carbonyl (C=O) groups excluding carboxylic acids is 1. The van der Waals surface area contributed by atoms with Crippen molar-refractivity contribution in [3.05, 3.63) is 60.4 Å². The van der Waals surface area contributed by atoms with Crippen LogP contribution < -0.4 is 14.8 Å². The van der Waals surface area contributed by atoms with Gasteiger partial charge in [-0.3, -0.25) is 9.48 Å². The van der Waals surface area contributed by atoms with Crippen molar-refractivity contribution in [2.45, 2.75) is 26.3 Å². The molecule has 1 aliphatic rings. The van der Waals surface area contributed by atoms with Gasteiger partial charge >= 0.3 is 13.2 Å². The molecule has 0 spiro atoms. The van der Waals surface area contributed by atoms with E-state index in [0.29, 0.717) is 18.3 Å². The highest BCUT2D eigenvalue weighted by molar-refractivity contribution is 6.09. The topological polar surface area (TPSA) is 142 Å². The van der Waals surface area contributed by atoms with Crippen LogP contribution in [0, 0.1) is 5.92 Å². The lowest BCUT2D eigenvalue weighted by atomic mass is 10.0. The molecule has 1 aliphatic heterocycles. The lowest BCUT2D eigenvalue weighted by Gasteiger charge is -2.35. The number of likely N-dealkylation sites (tertiary alicyclic amines) is 1. The number of alkyl halides is 4. The van der Waals surface area contributed by atoms with Crippen molar-refractivity contribution < 1.29 is 31.8 Å². The van der Waals surface area contributed by atoms with Gasteiger partial charge in [-0.2, -0.15) is 32.6 Å². The molecule has 1 fully saturated rings.